The third-order valence-corrected chi connectivity index (χ3v) is 2.46. The highest BCUT2D eigenvalue weighted by Gasteiger charge is 2.35. The van der Waals surface area contributed by atoms with E-state index in [2.05, 4.69) is 11.5 Å². The van der Waals surface area contributed by atoms with E-state index in [1.807, 2.05) is 0 Å². The topological polar surface area (TPSA) is 23.5 Å². The predicted octanol–water partition coefficient (Wildman–Crippen LogP) is 0.382. The van der Waals surface area contributed by atoms with Gasteiger partial charge in [0, 0.05) is 19.1 Å². The molecule has 1 N–H and O–H groups in total. The van der Waals surface area contributed by atoms with Gasteiger partial charge in [0.2, 0.25) is 0 Å². The zero-order valence-electron chi connectivity index (χ0n) is 6.08. The fourth-order valence-electron chi connectivity index (χ4n) is 2.05. The van der Waals surface area contributed by atoms with E-state index >= 15 is 0 Å². The molecule has 2 fully saturated rings. The van der Waals surface area contributed by atoms with Crippen molar-refractivity contribution in [2.45, 2.75) is 25.0 Å². The van der Waals surface area contributed by atoms with E-state index in [9.17, 15) is 5.11 Å². The van der Waals surface area contributed by atoms with E-state index < -0.39 is 0 Å². The Hall–Kier alpha value is -0.340. The van der Waals surface area contributed by atoms with Gasteiger partial charge in [0.05, 0.1) is 6.10 Å². The van der Waals surface area contributed by atoms with Gasteiger partial charge in [0.1, 0.15) is 0 Å². The van der Waals surface area contributed by atoms with Gasteiger partial charge in [-0.05, 0) is 12.8 Å². The lowest BCUT2D eigenvalue weighted by atomic mass is 10.1. The number of rotatable bonds is 0. The molecule has 2 heteroatoms. The molecule has 2 nitrogen and oxygen atoms in total. The second kappa shape index (κ2) is 2.07. The summed E-state index contributed by atoms with van der Waals surface area (Å²) in [5, 5.41) is 9.25. The van der Waals surface area contributed by atoms with E-state index in [0.29, 0.717) is 6.04 Å². The summed E-state index contributed by atoms with van der Waals surface area (Å²) >= 11 is 0. The maximum Gasteiger partial charge on any atom is 0.0682 e. The molecule has 0 radical (unpaired) electrons. The molecule has 2 aliphatic rings. The summed E-state index contributed by atoms with van der Waals surface area (Å²) in [7, 11) is 0. The quantitative estimate of drug-likeness (QED) is 0.490. The molecule has 2 heterocycles. The smallest absolute Gasteiger partial charge is 0.0682 e. The summed E-state index contributed by atoms with van der Waals surface area (Å²) in [6.07, 6.45) is 1.99. The molecule has 0 bridgehead atoms. The molecule has 0 unspecified atom stereocenters. The highest BCUT2D eigenvalue weighted by atomic mass is 16.3. The number of hydrogen-bond acceptors (Lipinski definition) is 2. The van der Waals surface area contributed by atoms with Crippen LogP contribution in [-0.4, -0.2) is 35.2 Å². The van der Waals surface area contributed by atoms with Gasteiger partial charge in [-0.3, -0.25) is 4.90 Å². The number of fused-ring (bicyclic) bond motifs is 1. The Bertz CT molecular complexity index is 151. The summed E-state index contributed by atoms with van der Waals surface area (Å²) in [5.74, 6) is 0. The van der Waals surface area contributed by atoms with Gasteiger partial charge in [-0.1, -0.05) is 12.2 Å². The van der Waals surface area contributed by atoms with Crippen LogP contribution in [0.3, 0.4) is 0 Å². The summed E-state index contributed by atoms with van der Waals surface area (Å²) < 4.78 is 0. The van der Waals surface area contributed by atoms with E-state index in [-0.39, 0.29) is 6.10 Å². The van der Waals surface area contributed by atoms with Crippen molar-refractivity contribution in [2.75, 3.05) is 13.1 Å². The first kappa shape index (κ1) is 6.38. The first-order valence-corrected chi connectivity index (χ1v) is 3.84. The number of aliphatic hydroxyl groups excluding tert-OH is 1. The normalized spacial score (nSPS) is 40.7. The Morgan fingerprint density at radius 1 is 1.60 bits per heavy atom. The van der Waals surface area contributed by atoms with E-state index in [1.165, 1.54) is 5.57 Å². The minimum absolute atomic E-state index is 0.0712. The largest absolute Gasteiger partial charge is 0.392 e. The number of aliphatic hydroxyl groups is 1. The molecule has 0 spiro atoms. The van der Waals surface area contributed by atoms with Crippen molar-refractivity contribution in [3.63, 3.8) is 0 Å². The molecule has 56 valence electrons. The molecule has 0 saturated carbocycles. The van der Waals surface area contributed by atoms with Crippen molar-refractivity contribution < 1.29 is 5.11 Å². The Labute approximate surface area is 61.1 Å². The first-order chi connectivity index (χ1) is 4.75. The van der Waals surface area contributed by atoms with Crippen molar-refractivity contribution in [3.8, 4) is 0 Å². The predicted molar refractivity (Wildman–Crippen MR) is 39.7 cm³/mol. The summed E-state index contributed by atoms with van der Waals surface area (Å²) in [6.45, 7) is 5.82. The van der Waals surface area contributed by atoms with Crippen LogP contribution in [0, 0.1) is 0 Å². The third-order valence-electron chi connectivity index (χ3n) is 2.46. The van der Waals surface area contributed by atoms with Gasteiger partial charge >= 0.3 is 0 Å². The molecule has 2 rings (SSSR count). The molecule has 2 aliphatic heterocycles. The third kappa shape index (κ3) is 0.879. The van der Waals surface area contributed by atoms with Crippen LogP contribution in [-0.2, 0) is 0 Å². The average Bonchev–Trinajstić information content (AvgIpc) is 2.21. The lowest BCUT2D eigenvalue weighted by molar-refractivity contribution is 0.179. The molecule has 2 atom stereocenters. The van der Waals surface area contributed by atoms with Crippen LogP contribution < -0.4 is 0 Å². The zero-order chi connectivity index (χ0) is 7.14. The number of nitrogens with zero attached hydrogens (tertiary/aromatic N) is 1. The van der Waals surface area contributed by atoms with Crippen molar-refractivity contribution >= 4 is 0 Å². The second-order valence-electron chi connectivity index (χ2n) is 3.43. The molecule has 0 aromatic carbocycles. The second-order valence-corrected chi connectivity index (χ2v) is 3.43. The van der Waals surface area contributed by atoms with Gasteiger partial charge < -0.3 is 5.11 Å². The zero-order valence-corrected chi connectivity index (χ0v) is 6.08. The molecule has 2 saturated heterocycles. The van der Waals surface area contributed by atoms with Crippen LogP contribution in [0.1, 0.15) is 12.8 Å². The maximum atomic E-state index is 9.25. The van der Waals surface area contributed by atoms with Gasteiger partial charge in [-0.25, -0.2) is 0 Å². The van der Waals surface area contributed by atoms with Crippen molar-refractivity contribution in [1.29, 1.82) is 0 Å². The van der Waals surface area contributed by atoms with E-state index in [1.54, 1.807) is 0 Å². The molecular weight excluding hydrogens is 126 g/mol. The summed E-state index contributed by atoms with van der Waals surface area (Å²) in [5.41, 5.74) is 1.33. The van der Waals surface area contributed by atoms with Crippen LogP contribution in [0.15, 0.2) is 12.2 Å². The molecule has 10 heavy (non-hydrogen) atoms. The molecule has 0 amide bonds. The fourth-order valence-corrected chi connectivity index (χ4v) is 2.05. The van der Waals surface area contributed by atoms with Crippen LogP contribution in [0.2, 0.25) is 0 Å². The minimum Gasteiger partial charge on any atom is -0.392 e. The summed E-state index contributed by atoms with van der Waals surface area (Å²) in [4.78, 5) is 2.33. The monoisotopic (exact) mass is 139 g/mol. The van der Waals surface area contributed by atoms with Crippen LogP contribution >= 0.6 is 0 Å². The average molecular weight is 139 g/mol. The lowest BCUT2D eigenvalue weighted by Gasteiger charge is -2.11. The molecular formula is C8H13NO. The lowest BCUT2D eigenvalue weighted by Crippen LogP contribution is -2.23. The fraction of sp³-hybridized carbons (Fsp3) is 0.750. The van der Waals surface area contributed by atoms with Gasteiger partial charge in [-0.2, -0.15) is 0 Å². The van der Waals surface area contributed by atoms with Gasteiger partial charge in [0.25, 0.3) is 0 Å². The maximum absolute atomic E-state index is 9.25. The highest BCUT2D eigenvalue weighted by molar-refractivity contribution is 5.11. The van der Waals surface area contributed by atoms with Gasteiger partial charge in [0.15, 0.2) is 0 Å². The molecule has 0 aliphatic carbocycles. The van der Waals surface area contributed by atoms with E-state index in [0.717, 1.165) is 25.9 Å². The van der Waals surface area contributed by atoms with Crippen LogP contribution in [0.5, 0.6) is 0 Å². The Morgan fingerprint density at radius 2 is 2.40 bits per heavy atom. The van der Waals surface area contributed by atoms with Gasteiger partial charge in [-0.15, -0.1) is 0 Å². The Morgan fingerprint density at radius 3 is 3.10 bits per heavy atom. The molecule has 0 aromatic heterocycles. The van der Waals surface area contributed by atoms with Crippen molar-refractivity contribution in [3.05, 3.63) is 12.2 Å². The van der Waals surface area contributed by atoms with Crippen LogP contribution in [0.25, 0.3) is 0 Å². The SMILES string of the molecule is C=C1C[C@@H]2C[C@H](O)CN2C1. The van der Waals surface area contributed by atoms with E-state index in [4.69, 9.17) is 0 Å². The molecule has 0 aromatic rings. The van der Waals surface area contributed by atoms with Crippen molar-refractivity contribution in [2.24, 2.45) is 0 Å². The standard InChI is InChI=1S/C8H13NO/c1-6-2-7-3-8(10)5-9(7)4-6/h7-8,10H,1-5H2/t7-,8+/m1/s1. The minimum atomic E-state index is -0.0712. The number of hydrogen-bond donors (Lipinski definition) is 1. The Kier molecular flexibility index (Phi) is 1.32. The van der Waals surface area contributed by atoms with Crippen LogP contribution in [0.4, 0.5) is 0 Å². The highest BCUT2D eigenvalue weighted by Crippen LogP contribution is 2.29. The summed E-state index contributed by atoms with van der Waals surface area (Å²) in [6, 6.07) is 0.613. The van der Waals surface area contributed by atoms with Crippen molar-refractivity contribution in [1.82, 2.24) is 4.90 Å². The first-order valence-electron chi connectivity index (χ1n) is 3.84. The Balaban J connectivity index is 2.06.